The largest absolute Gasteiger partial charge is 0.490 e. The number of thioether (sulfide) groups is 1. The van der Waals surface area contributed by atoms with Crippen LogP contribution in [0, 0.1) is 0 Å². The molecule has 0 aromatic heterocycles. The van der Waals surface area contributed by atoms with Crippen molar-refractivity contribution in [1.82, 2.24) is 4.90 Å². The highest BCUT2D eigenvalue weighted by atomic mass is 79.9. The van der Waals surface area contributed by atoms with E-state index in [1.54, 1.807) is 30.3 Å². The van der Waals surface area contributed by atoms with Crippen LogP contribution >= 0.6 is 50.9 Å². The molecule has 0 N–H and O–H groups in total. The van der Waals surface area contributed by atoms with Crippen LogP contribution in [0.15, 0.2) is 70.0 Å². The summed E-state index contributed by atoms with van der Waals surface area (Å²) in [6.45, 7) is 2.82. The molecule has 0 radical (unpaired) electrons. The Labute approximate surface area is 226 Å². The molecule has 0 aliphatic carbocycles. The summed E-state index contributed by atoms with van der Waals surface area (Å²) in [4.78, 5) is 27.0. The number of nitrogens with zero attached hydrogens (tertiary/aromatic N) is 1. The van der Waals surface area contributed by atoms with Crippen molar-refractivity contribution in [2.75, 3.05) is 6.61 Å². The molecular formula is C26H20BrCl2NO4S. The first-order chi connectivity index (χ1) is 16.8. The molecular weight excluding hydrogens is 573 g/mol. The van der Waals surface area contributed by atoms with Gasteiger partial charge in [0, 0.05) is 4.47 Å². The maximum absolute atomic E-state index is 12.9. The lowest BCUT2D eigenvalue weighted by molar-refractivity contribution is -0.123. The Kier molecular flexibility index (Phi) is 8.44. The van der Waals surface area contributed by atoms with Gasteiger partial charge < -0.3 is 9.47 Å². The highest BCUT2D eigenvalue weighted by molar-refractivity contribution is 9.10. The molecule has 1 saturated heterocycles. The van der Waals surface area contributed by atoms with Crippen LogP contribution in [0.3, 0.4) is 0 Å². The lowest BCUT2D eigenvalue weighted by Gasteiger charge is -2.13. The zero-order valence-electron chi connectivity index (χ0n) is 18.6. The normalized spacial score (nSPS) is 14.6. The Morgan fingerprint density at radius 2 is 1.66 bits per heavy atom. The zero-order chi connectivity index (χ0) is 24.9. The summed E-state index contributed by atoms with van der Waals surface area (Å²) in [5.74, 6) is 0.773. The fourth-order valence-corrected chi connectivity index (χ4v) is 4.78. The van der Waals surface area contributed by atoms with Gasteiger partial charge in [0.1, 0.15) is 6.61 Å². The second-order valence-electron chi connectivity index (χ2n) is 7.57. The number of halogens is 3. The Balaban J connectivity index is 1.50. The van der Waals surface area contributed by atoms with Crippen molar-refractivity contribution in [2.24, 2.45) is 0 Å². The maximum Gasteiger partial charge on any atom is 0.293 e. The molecule has 1 fully saturated rings. The number of ether oxygens (including phenoxy) is 2. The van der Waals surface area contributed by atoms with Crippen LogP contribution in [-0.2, 0) is 17.9 Å². The molecule has 3 aromatic rings. The quantitative estimate of drug-likeness (QED) is 0.248. The predicted molar refractivity (Wildman–Crippen MR) is 144 cm³/mol. The van der Waals surface area contributed by atoms with Crippen molar-refractivity contribution in [1.29, 1.82) is 0 Å². The molecule has 0 spiro atoms. The number of rotatable bonds is 8. The van der Waals surface area contributed by atoms with Gasteiger partial charge in [-0.15, -0.1) is 0 Å². The summed E-state index contributed by atoms with van der Waals surface area (Å²) in [6, 6.07) is 18.2. The Morgan fingerprint density at radius 3 is 2.37 bits per heavy atom. The smallest absolute Gasteiger partial charge is 0.293 e. The highest BCUT2D eigenvalue weighted by Gasteiger charge is 2.35. The van der Waals surface area contributed by atoms with E-state index in [9.17, 15) is 9.59 Å². The number of carbonyl (C=O) groups is 2. The first-order valence-corrected chi connectivity index (χ1v) is 13.0. The highest BCUT2D eigenvalue weighted by Crippen LogP contribution is 2.36. The van der Waals surface area contributed by atoms with E-state index in [2.05, 4.69) is 15.9 Å². The minimum atomic E-state index is -0.319. The first-order valence-electron chi connectivity index (χ1n) is 10.7. The average Bonchev–Trinajstić information content (AvgIpc) is 3.09. The number of imide groups is 1. The third kappa shape index (κ3) is 6.41. The van der Waals surface area contributed by atoms with E-state index in [1.165, 1.54) is 4.90 Å². The minimum absolute atomic E-state index is 0.223. The molecule has 35 heavy (non-hydrogen) atoms. The minimum Gasteiger partial charge on any atom is -0.490 e. The van der Waals surface area contributed by atoms with E-state index in [4.69, 9.17) is 32.7 Å². The molecule has 1 aliphatic heterocycles. The lowest BCUT2D eigenvalue weighted by Crippen LogP contribution is -2.27. The predicted octanol–water partition coefficient (Wildman–Crippen LogP) is 7.97. The standard InChI is InChI=1S/C26H20BrCl2NO4S/c1-2-33-23-12-17(6-10-22(23)34-15-18-5-9-20(28)21(29)11-18)13-24-25(31)30(26(32)35-24)14-16-3-7-19(27)8-4-16/h3-13H,2,14-15H2,1H3/b24-13-. The van der Waals surface area contributed by atoms with Crippen LogP contribution in [-0.4, -0.2) is 22.7 Å². The number of carbonyl (C=O) groups excluding carboxylic acids is 2. The maximum atomic E-state index is 12.9. The number of benzene rings is 3. The molecule has 0 saturated carbocycles. The summed E-state index contributed by atoms with van der Waals surface area (Å²) in [5.41, 5.74) is 2.47. The molecule has 180 valence electrons. The van der Waals surface area contributed by atoms with E-state index < -0.39 is 0 Å². The van der Waals surface area contributed by atoms with Crippen LogP contribution in [0.5, 0.6) is 11.5 Å². The molecule has 1 aliphatic rings. The lowest BCUT2D eigenvalue weighted by atomic mass is 10.1. The van der Waals surface area contributed by atoms with Gasteiger partial charge in [-0.05, 0) is 77.9 Å². The molecule has 9 heteroatoms. The summed E-state index contributed by atoms with van der Waals surface area (Å²) in [7, 11) is 0. The van der Waals surface area contributed by atoms with Crippen LogP contribution in [0.1, 0.15) is 23.6 Å². The Bertz CT molecular complexity index is 1300. The van der Waals surface area contributed by atoms with Gasteiger partial charge in [-0.25, -0.2) is 0 Å². The molecule has 2 amide bonds. The fourth-order valence-electron chi connectivity index (χ4n) is 3.35. The van der Waals surface area contributed by atoms with Crippen molar-refractivity contribution in [3.63, 3.8) is 0 Å². The van der Waals surface area contributed by atoms with Gasteiger partial charge in [-0.3, -0.25) is 14.5 Å². The van der Waals surface area contributed by atoms with Gasteiger partial charge in [-0.1, -0.05) is 63.4 Å². The molecule has 4 rings (SSSR count). The Morgan fingerprint density at radius 1 is 0.914 bits per heavy atom. The number of hydrogen-bond donors (Lipinski definition) is 0. The third-order valence-corrected chi connectivity index (χ3v) is 7.25. The van der Waals surface area contributed by atoms with Crippen molar-refractivity contribution >= 4 is 68.1 Å². The molecule has 0 unspecified atom stereocenters. The molecule has 3 aromatic carbocycles. The van der Waals surface area contributed by atoms with Crippen LogP contribution < -0.4 is 9.47 Å². The zero-order valence-corrected chi connectivity index (χ0v) is 22.5. The Hall–Kier alpha value is -2.45. The summed E-state index contributed by atoms with van der Waals surface area (Å²) in [6.07, 6.45) is 1.69. The van der Waals surface area contributed by atoms with Gasteiger partial charge in [0.15, 0.2) is 11.5 Å². The van der Waals surface area contributed by atoms with E-state index in [0.29, 0.717) is 33.1 Å². The van der Waals surface area contributed by atoms with Gasteiger partial charge >= 0.3 is 0 Å². The second-order valence-corrected chi connectivity index (χ2v) is 10.3. The third-order valence-electron chi connectivity index (χ3n) is 5.07. The number of hydrogen-bond acceptors (Lipinski definition) is 5. The summed E-state index contributed by atoms with van der Waals surface area (Å²) < 4.78 is 12.6. The van der Waals surface area contributed by atoms with Crippen LogP contribution in [0.4, 0.5) is 4.79 Å². The molecule has 5 nitrogen and oxygen atoms in total. The van der Waals surface area contributed by atoms with Gasteiger partial charge in [0.2, 0.25) is 0 Å². The molecule has 1 heterocycles. The van der Waals surface area contributed by atoms with Crippen LogP contribution in [0.2, 0.25) is 10.0 Å². The first kappa shape index (κ1) is 25.6. The summed E-state index contributed by atoms with van der Waals surface area (Å²) >= 11 is 16.4. The van der Waals surface area contributed by atoms with Crippen LogP contribution in [0.25, 0.3) is 6.08 Å². The fraction of sp³-hybridized carbons (Fsp3) is 0.154. The molecule has 0 bridgehead atoms. The van der Waals surface area contributed by atoms with Crippen molar-refractivity contribution in [3.8, 4) is 11.5 Å². The van der Waals surface area contributed by atoms with E-state index in [1.807, 2.05) is 43.3 Å². The monoisotopic (exact) mass is 591 g/mol. The summed E-state index contributed by atoms with van der Waals surface area (Å²) in [5, 5.41) is 0.647. The second kappa shape index (κ2) is 11.5. The average molecular weight is 593 g/mol. The molecule has 0 atom stereocenters. The number of amides is 2. The van der Waals surface area contributed by atoms with E-state index in [-0.39, 0.29) is 24.3 Å². The van der Waals surface area contributed by atoms with E-state index >= 15 is 0 Å². The van der Waals surface area contributed by atoms with E-state index in [0.717, 1.165) is 32.9 Å². The van der Waals surface area contributed by atoms with Crippen molar-refractivity contribution < 1.29 is 19.1 Å². The van der Waals surface area contributed by atoms with Gasteiger partial charge in [0.05, 0.1) is 28.1 Å². The van der Waals surface area contributed by atoms with Crippen molar-refractivity contribution in [3.05, 3.63) is 96.8 Å². The SMILES string of the molecule is CCOc1cc(/C=C2\SC(=O)N(Cc3ccc(Br)cc3)C2=O)ccc1OCc1ccc(Cl)c(Cl)c1. The topological polar surface area (TPSA) is 55.8 Å². The van der Waals surface area contributed by atoms with Gasteiger partial charge in [-0.2, -0.15) is 0 Å². The van der Waals surface area contributed by atoms with Gasteiger partial charge in [0.25, 0.3) is 11.1 Å². The van der Waals surface area contributed by atoms with Crippen molar-refractivity contribution in [2.45, 2.75) is 20.1 Å².